The number of carbonyl (C=O) groups excluding carboxylic acids is 1. The summed E-state index contributed by atoms with van der Waals surface area (Å²) in [5.41, 5.74) is 3.33. The average molecular weight is 480 g/mol. The molecule has 4 rings (SSSR count). The van der Waals surface area contributed by atoms with Gasteiger partial charge in [-0.15, -0.1) is 0 Å². The number of hydrogen-bond acceptors (Lipinski definition) is 3. The third-order valence-corrected chi connectivity index (χ3v) is 5.82. The number of allylic oxidation sites excluding steroid dienone is 1. The van der Waals surface area contributed by atoms with Crippen LogP contribution in [0.1, 0.15) is 12.0 Å². The molecule has 33 heavy (non-hydrogen) atoms. The number of halogens is 2. The minimum absolute atomic E-state index is 0.146. The van der Waals surface area contributed by atoms with E-state index in [9.17, 15) is 4.79 Å². The largest absolute Gasteiger partial charge is 0.491 e. The molecule has 0 aliphatic heterocycles. The number of ether oxygens (including phenoxy) is 1. The van der Waals surface area contributed by atoms with Crippen LogP contribution in [0.2, 0.25) is 10.0 Å². The Morgan fingerprint density at radius 1 is 1.21 bits per heavy atom. The van der Waals surface area contributed by atoms with Gasteiger partial charge in [0.15, 0.2) is 0 Å². The highest BCUT2D eigenvalue weighted by molar-refractivity contribution is 6.34. The van der Waals surface area contributed by atoms with Crippen molar-refractivity contribution >= 4 is 34.8 Å². The Morgan fingerprint density at radius 2 is 2.03 bits per heavy atom. The summed E-state index contributed by atoms with van der Waals surface area (Å²) in [7, 11) is 0. The van der Waals surface area contributed by atoms with Crippen LogP contribution in [0.3, 0.4) is 0 Å². The summed E-state index contributed by atoms with van der Waals surface area (Å²) >= 11 is 12.2. The lowest BCUT2D eigenvalue weighted by Gasteiger charge is -2.17. The van der Waals surface area contributed by atoms with Crippen LogP contribution in [0.15, 0.2) is 96.9 Å². The molecule has 0 saturated heterocycles. The van der Waals surface area contributed by atoms with Crippen molar-refractivity contribution in [2.75, 3.05) is 11.9 Å². The van der Waals surface area contributed by atoms with E-state index in [0.717, 1.165) is 16.8 Å². The number of nitrogens with one attached hydrogen (secondary N) is 1. The van der Waals surface area contributed by atoms with E-state index in [1.807, 2.05) is 59.4 Å². The van der Waals surface area contributed by atoms with Crippen molar-refractivity contribution < 1.29 is 9.53 Å². The fourth-order valence-corrected chi connectivity index (χ4v) is 3.78. The molecular formula is C26H23Cl2N3O2. The van der Waals surface area contributed by atoms with E-state index in [-0.39, 0.29) is 11.8 Å². The van der Waals surface area contributed by atoms with Crippen LogP contribution in [0.4, 0.5) is 5.69 Å². The highest BCUT2D eigenvalue weighted by Gasteiger charge is 2.18. The van der Waals surface area contributed by atoms with Crippen molar-refractivity contribution in [1.29, 1.82) is 0 Å². The van der Waals surface area contributed by atoms with Crippen molar-refractivity contribution in [2.45, 2.75) is 13.0 Å². The lowest BCUT2D eigenvalue weighted by molar-refractivity contribution is -0.112. The van der Waals surface area contributed by atoms with Gasteiger partial charge in [0, 0.05) is 40.7 Å². The van der Waals surface area contributed by atoms with E-state index in [1.54, 1.807) is 24.4 Å². The lowest BCUT2D eigenvalue weighted by atomic mass is 9.98. The summed E-state index contributed by atoms with van der Waals surface area (Å²) in [5.74, 6) is 0.169. The molecule has 168 valence electrons. The van der Waals surface area contributed by atoms with E-state index >= 15 is 0 Å². The first-order chi connectivity index (χ1) is 16.0. The molecule has 1 aromatic heterocycles. The highest BCUT2D eigenvalue weighted by atomic mass is 35.5. The second-order valence-electron chi connectivity index (χ2n) is 7.73. The quantitative estimate of drug-likeness (QED) is 0.403. The first kappa shape index (κ1) is 22.9. The Labute approximate surface area is 203 Å². The van der Waals surface area contributed by atoms with Crippen molar-refractivity contribution in [3.05, 3.63) is 112 Å². The van der Waals surface area contributed by atoms with Gasteiger partial charge in [-0.2, -0.15) is 5.10 Å². The number of carbonyl (C=O) groups is 1. The van der Waals surface area contributed by atoms with Gasteiger partial charge in [-0.05, 0) is 42.3 Å². The van der Waals surface area contributed by atoms with Crippen molar-refractivity contribution in [1.82, 2.24) is 9.78 Å². The molecule has 0 fully saturated rings. The highest BCUT2D eigenvalue weighted by Crippen LogP contribution is 2.30. The zero-order valence-electron chi connectivity index (χ0n) is 17.9. The standard InChI is InChI=1S/C26H23Cl2N3O2/c1-18-4-2-5-20(14-21(18)17-33-25-15-22(27)8-11-24(25)28)26(32)30-23-9-6-19(7-10-23)16-31-13-3-12-29-31/h2-3,5-15,21H,1,4,16-17H2,(H,30,32). The van der Waals surface area contributed by atoms with Crippen molar-refractivity contribution in [3.63, 3.8) is 0 Å². The van der Waals surface area contributed by atoms with Crippen LogP contribution in [0.5, 0.6) is 5.75 Å². The maximum atomic E-state index is 12.9. The van der Waals surface area contributed by atoms with Crippen LogP contribution in [0, 0.1) is 5.92 Å². The molecule has 1 N–H and O–H groups in total. The summed E-state index contributed by atoms with van der Waals surface area (Å²) in [4.78, 5) is 12.9. The third-order valence-electron chi connectivity index (χ3n) is 5.27. The van der Waals surface area contributed by atoms with Gasteiger partial charge in [0.2, 0.25) is 0 Å². The Morgan fingerprint density at radius 3 is 2.79 bits per heavy atom. The summed E-state index contributed by atoms with van der Waals surface area (Å²) in [6.07, 6.45) is 9.96. The van der Waals surface area contributed by atoms with Crippen LogP contribution in [-0.2, 0) is 11.3 Å². The molecule has 7 heteroatoms. The molecule has 5 nitrogen and oxygen atoms in total. The zero-order chi connectivity index (χ0) is 23.2. The summed E-state index contributed by atoms with van der Waals surface area (Å²) in [6, 6.07) is 14.7. The number of hydrogen-bond donors (Lipinski definition) is 1. The molecule has 0 spiro atoms. The Balaban J connectivity index is 1.42. The molecule has 3 aromatic rings. The Kier molecular flexibility index (Phi) is 7.33. The number of amides is 1. The molecule has 0 bridgehead atoms. The Hall–Kier alpha value is -3.28. The Bertz CT molecular complexity index is 1200. The molecule has 1 atom stereocenters. The van der Waals surface area contributed by atoms with Crippen LogP contribution in [0.25, 0.3) is 0 Å². The van der Waals surface area contributed by atoms with Gasteiger partial charge in [-0.25, -0.2) is 0 Å². The van der Waals surface area contributed by atoms with Gasteiger partial charge in [0.1, 0.15) is 5.75 Å². The van der Waals surface area contributed by atoms with Gasteiger partial charge in [-0.3, -0.25) is 9.48 Å². The number of benzene rings is 2. The molecule has 1 unspecified atom stereocenters. The van der Waals surface area contributed by atoms with Gasteiger partial charge in [0.25, 0.3) is 5.91 Å². The minimum Gasteiger partial charge on any atom is -0.491 e. The molecule has 0 radical (unpaired) electrons. The van der Waals surface area contributed by atoms with E-state index in [0.29, 0.717) is 40.9 Å². The lowest BCUT2D eigenvalue weighted by Crippen LogP contribution is -2.17. The van der Waals surface area contributed by atoms with E-state index in [2.05, 4.69) is 17.0 Å². The van der Waals surface area contributed by atoms with Gasteiger partial charge >= 0.3 is 0 Å². The van der Waals surface area contributed by atoms with Gasteiger partial charge in [-0.1, -0.05) is 65.7 Å². The SMILES string of the molecule is C=C1CC=CC(C(=O)Nc2ccc(Cn3cccn3)cc2)=CC1COc1cc(Cl)ccc1Cl. The van der Waals surface area contributed by atoms with Crippen molar-refractivity contribution in [3.8, 4) is 5.75 Å². The average Bonchev–Trinajstić information content (AvgIpc) is 3.24. The maximum Gasteiger partial charge on any atom is 0.255 e. The van der Waals surface area contributed by atoms with E-state index in [1.165, 1.54) is 0 Å². The summed E-state index contributed by atoms with van der Waals surface area (Å²) in [6.45, 7) is 5.13. The maximum absolute atomic E-state index is 12.9. The normalized spacial score (nSPS) is 15.6. The van der Waals surface area contributed by atoms with Crippen LogP contribution in [-0.4, -0.2) is 22.3 Å². The van der Waals surface area contributed by atoms with Crippen LogP contribution < -0.4 is 10.1 Å². The zero-order valence-corrected chi connectivity index (χ0v) is 19.4. The first-order valence-corrected chi connectivity index (χ1v) is 11.2. The minimum atomic E-state index is -0.188. The van der Waals surface area contributed by atoms with E-state index in [4.69, 9.17) is 27.9 Å². The van der Waals surface area contributed by atoms with Crippen molar-refractivity contribution in [2.24, 2.45) is 5.92 Å². The molecular weight excluding hydrogens is 457 g/mol. The molecule has 1 aliphatic rings. The second kappa shape index (κ2) is 10.6. The third kappa shape index (κ3) is 6.15. The fraction of sp³-hybridized carbons (Fsp3) is 0.154. The number of aromatic nitrogens is 2. The summed E-state index contributed by atoms with van der Waals surface area (Å²) in [5, 5.41) is 8.20. The molecule has 0 saturated carbocycles. The van der Waals surface area contributed by atoms with E-state index < -0.39 is 0 Å². The monoisotopic (exact) mass is 479 g/mol. The summed E-state index contributed by atoms with van der Waals surface area (Å²) < 4.78 is 7.74. The molecule has 1 amide bonds. The number of nitrogens with zero attached hydrogens (tertiary/aromatic N) is 2. The fourth-order valence-electron chi connectivity index (χ4n) is 3.44. The second-order valence-corrected chi connectivity index (χ2v) is 8.58. The number of anilines is 1. The van der Waals surface area contributed by atoms with Gasteiger partial charge < -0.3 is 10.1 Å². The number of rotatable bonds is 7. The van der Waals surface area contributed by atoms with Crippen LogP contribution >= 0.6 is 23.2 Å². The smallest absolute Gasteiger partial charge is 0.255 e. The first-order valence-electron chi connectivity index (χ1n) is 10.5. The van der Waals surface area contributed by atoms with Gasteiger partial charge in [0.05, 0.1) is 18.2 Å². The predicted octanol–water partition coefficient (Wildman–Crippen LogP) is 6.31. The molecule has 1 heterocycles. The topological polar surface area (TPSA) is 56.2 Å². The molecule has 2 aromatic carbocycles. The molecule has 1 aliphatic carbocycles. The predicted molar refractivity (Wildman–Crippen MR) is 133 cm³/mol.